The lowest BCUT2D eigenvalue weighted by Crippen LogP contribution is -2.61. The van der Waals surface area contributed by atoms with E-state index in [9.17, 15) is 21.6 Å². The van der Waals surface area contributed by atoms with Gasteiger partial charge in [-0.2, -0.15) is 22.0 Å². The lowest BCUT2D eigenvalue weighted by molar-refractivity contribution is -0.345. The molecule has 0 saturated heterocycles. The van der Waals surface area contributed by atoms with Crippen molar-refractivity contribution in [3.05, 3.63) is 70.7 Å². The van der Waals surface area contributed by atoms with Crippen LogP contribution in [0.3, 0.4) is 0 Å². The van der Waals surface area contributed by atoms with Crippen LogP contribution >= 0.6 is 0 Å². The minimum atomic E-state index is -6.02. The molecule has 0 fully saturated rings. The Morgan fingerprint density at radius 2 is 1.68 bits per heavy atom. The van der Waals surface area contributed by atoms with Gasteiger partial charge < -0.3 is 4.43 Å². The van der Waals surface area contributed by atoms with Crippen molar-refractivity contribution in [1.29, 1.82) is 0 Å². The highest BCUT2D eigenvalue weighted by atomic mass is 32.2. The second-order valence-electron chi connectivity index (χ2n) is 10.2. The molecule has 0 N–H and O–H groups in total. The smallest absolute Gasteiger partial charge is 0.401 e. The molecule has 0 radical (unpaired) electrons. The Morgan fingerprint density at radius 1 is 1.05 bits per heavy atom. The zero-order valence-electron chi connectivity index (χ0n) is 20.6. The Bertz CT molecular complexity index is 1520. The van der Waals surface area contributed by atoms with Crippen LogP contribution in [0.15, 0.2) is 47.4 Å². The quantitative estimate of drug-likeness (QED) is 0.188. The van der Waals surface area contributed by atoms with Crippen molar-refractivity contribution in [3.8, 4) is 0 Å². The molecule has 1 aliphatic carbocycles. The van der Waals surface area contributed by atoms with E-state index in [2.05, 4.69) is 4.85 Å². The van der Waals surface area contributed by atoms with Gasteiger partial charge in [-0.3, -0.25) is 0 Å². The number of aromatic nitrogens is 1. The third-order valence-electron chi connectivity index (χ3n) is 6.38. The predicted molar refractivity (Wildman–Crippen MR) is 132 cm³/mol. The summed E-state index contributed by atoms with van der Waals surface area (Å²) in [6.07, 6.45) is -6.78. The van der Waals surface area contributed by atoms with E-state index in [-0.39, 0.29) is 39.9 Å². The second-order valence-corrected chi connectivity index (χ2v) is 16.4. The molecule has 0 saturated carbocycles. The van der Waals surface area contributed by atoms with E-state index in [0.29, 0.717) is 3.97 Å². The highest BCUT2D eigenvalue weighted by Gasteiger charge is 2.74. The van der Waals surface area contributed by atoms with Crippen LogP contribution in [0, 0.1) is 13.5 Å². The standard InChI is InChI=1S/C25H25F5N2O3SSi/c1-16-8-11-18(12-9-16)36(33,34)32-21-13-10-17(31-2)15-20(21)19-7-6-14-23(22(19)32,35-37(3,4)5)24(26,27)25(28,29)30/h8-13,15H,6-7,14H2,1,3-5H3. The third kappa shape index (κ3) is 4.26. The Labute approximate surface area is 212 Å². The minimum Gasteiger partial charge on any atom is -0.401 e. The van der Waals surface area contributed by atoms with Crippen LogP contribution in [-0.2, 0) is 26.5 Å². The molecular weight excluding hydrogens is 531 g/mol. The Morgan fingerprint density at radius 3 is 2.22 bits per heavy atom. The van der Waals surface area contributed by atoms with Crippen molar-refractivity contribution >= 4 is 34.9 Å². The summed E-state index contributed by atoms with van der Waals surface area (Å²) in [5.74, 6) is -5.41. The van der Waals surface area contributed by atoms with Gasteiger partial charge in [-0.05, 0) is 81.0 Å². The predicted octanol–water partition coefficient (Wildman–Crippen LogP) is 7.32. The normalized spacial score (nSPS) is 19.0. The average Bonchev–Trinajstić information content (AvgIpc) is 3.13. The van der Waals surface area contributed by atoms with Crippen LogP contribution in [-0.4, -0.2) is 32.8 Å². The zero-order valence-corrected chi connectivity index (χ0v) is 22.4. The first-order chi connectivity index (χ1) is 17.0. The van der Waals surface area contributed by atoms with Gasteiger partial charge in [-0.25, -0.2) is 17.2 Å². The molecule has 1 unspecified atom stereocenters. The topological polar surface area (TPSA) is 52.7 Å². The number of aryl methyl sites for hydroxylation is 2. The number of nitrogens with zero attached hydrogens (tertiary/aromatic N) is 2. The van der Waals surface area contributed by atoms with E-state index in [0.717, 1.165) is 5.56 Å². The SMILES string of the molecule is [C-]#[N+]c1ccc2c(c1)c1c(n2S(=O)(=O)c2ccc(C)cc2)C(O[Si](C)(C)C)(C(F)(F)C(F)(F)F)CCC1. The van der Waals surface area contributed by atoms with Gasteiger partial charge in [0, 0.05) is 0 Å². The van der Waals surface area contributed by atoms with Crippen LogP contribution in [0.4, 0.5) is 27.6 Å². The Kier molecular flexibility index (Phi) is 6.37. The number of benzene rings is 2. The van der Waals surface area contributed by atoms with Gasteiger partial charge >= 0.3 is 12.1 Å². The summed E-state index contributed by atoms with van der Waals surface area (Å²) in [6.45, 7) is 13.5. The number of rotatable bonds is 5. The molecule has 0 spiro atoms. The molecule has 5 nitrogen and oxygen atoms in total. The first-order valence-corrected chi connectivity index (χ1v) is 16.3. The van der Waals surface area contributed by atoms with E-state index in [4.69, 9.17) is 11.0 Å². The van der Waals surface area contributed by atoms with Crippen molar-refractivity contribution < 1.29 is 34.8 Å². The van der Waals surface area contributed by atoms with Crippen molar-refractivity contribution in [3.63, 3.8) is 0 Å². The maximum atomic E-state index is 15.7. The van der Waals surface area contributed by atoms with E-state index in [1.165, 1.54) is 62.1 Å². The van der Waals surface area contributed by atoms with Gasteiger partial charge in [0.25, 0.3) is 10.0 Å². The number of fused-ring (bicyclic) bond motifs is 3. The molecule has 1 aromatic heterocycles. The van der Waals surface area contributed by atoms with Gasteiger partial charge in [-0.15, -0.1) is 0 Å². The molecule has 2 aromatic carbocycles. The maximum absolute atomic E-state index is 15.7. The van der Waals surface area contributed by atoms with Crippen molar-refractivity contribution in [2.45, 2.75) is 68.4 Å². The van der Waals surface area contributed by atoms with Gasteiger partial charge in [0.1, 0.15) is 0 Å². The molecule has 12 heteroatoms. The molecule has 37 heavy (non-hydrogen) atoms. The van der Waals surface area contributed by atoms with E-state index in [1.54, 1.807) is 6.92 Å². The van der Waals surface area contributed by atoms with Crippen molar-refractivity contribution in [2.24, 2.45) is 0 Å². The Balaban J connectivity index is 2.23. The number of alkyl halides is 5. The van der Waals surface area contributed by atoms with Crippen LogP contribution in [0.5, 0.6) is 0 Å². The highest BCUT2D eigenvalue weighted by molar-refractivity contribution is 7.90. The molecule has 1 heterocycles. The van der Waals surface area contributed by atoms with Crippen LogP contribution in [0.2, 0.25) is 19.6 Å². The third-order valence-corrected chi connectivity index (χ3v) is 9.07. The highest BCUT2D eigenvalue weighted by Crippen LogP contribution is 2.58. The van der Waals surface area contributed by atoms with Crippen LogP contribution in [0.1, 0.15) is 29.7 Å². The number of halogens is 5. The lowest BCUT2D eigenvalue weighted by Gasteiger charge is -2.47. The summed E-state index contributed by atoms with van der Waals surface area (Å²) in [7, 11) is -7.80. The van der Waals surface area contributed by atoms with Crippen molar-refractivity contribution in [2.75, 3.05) is 0 Å². The number of hydrogen-bond acceptors (Lipinski definition) is 3. The summed E-state index contributed by atoms with van der Waals surface area (Å²) >= 11 is 0. The molecular formula is C25H25F5N2O3SSi. The molecule has 4 rings (SSSR count). The lowest BCUT2D eigenvalue weighted by atomic mass is 9.78. The molecule has 3 aromatic rings. The van der Waals surface area contributed by atoms with Gasteiger partial charge in [-0.1, -0.05) is 23.8 Å². The summed E-state index contributed by atoms with van der Waals surface area (Å²) < 4.78 is 108. The zero-order chi connectivity index (χ0) is 27.6. The second kappa shape index (κ2) is 8.64. The van der Waals surface area contributed by atoms with E-state index < -0.39 is 48.2 Å². The Hall–Kier alpha value is -2.75. The maximum Gasteiger partial charge on any atom is 0.456 e. The fraction of sp³-hybridized carbons (Fsp3) is 0.400. The van der Waals surface area contributed by atoms with Gasteiger partial charge in [0.15, 0.2) is 19.6 Å². The first-order valence-electron chi connectivity index (χ1n) is 11.5. The molecule has 198 valence electrons. The largest absolute Gasteiger partial charge is 0.456 e. The average molecular weight is 557 g/mol. The fourth-order valence-electron chi connectivity index (χ4n) is 4.96. The summed E-state index contributed by atoms with van der Waals surface area (Å²) in [5, 5.41) is 0.139. The monoisotopic (exact) mass is 556 g/mol. The molecule has 0 aliphatic heterocycles. The summed E-state index contributed by atoms with van der Waals surface area (Å²) in [6, 6.07) is 9.50. The molecule has 0 amide bonds. The fourth-order valence-corrected chi connectivity index (χ4v) is 7.94. The van der Waals surface area contributed by atoms with Gasteiger partial charge in [0.05, 0.1) is 22.7 Å². The van der Waals surface area contributed by atoms with Crippen LogP contribution in [0.25, 0.3) is 15.7 Å². The summed E-state index contributed by atoms with van der Waals surface area (Å²) in [4.78, 5) is 3.06. The van der Waals surface area contributed by atoms with Crippen molar-refractivity contribution in [1.82, 2.24) is 3.97 Å². The number of hydrogen-bond donors (Lipinski definition) is 0. The van der Waals surface area contributed by atoms with Gasteiger partial charge in [0.2, 0.25) is 0 Å². The molecule has 0 bridgehead atoms. The summed E-state index contributed by atoms with van der Waals surface area (Å²) in [5.41, 5.74) is -3.23. The molecule has 1 aliphatic rings. The van der Waals surface area contributed by atoms with Crippen LogP contribution < -0.4 is 0 Å². The molecule has 1 atom stereocenters. The first kappa shape index (κ1) is 27.3. The minimum absolute atomic E-state index is 0.0182. The van der Waals surface area contributed by atoms with E-state index >= 15 is 8.78 Å². The van der Waals surface area contributed by atoms with E-state index in [1.807, 2.05) is 0 Å².